The molecule has 1 amide bonds. The maximum Gasteiger partial charge on any atom is 0.264 e. The van der Waals surface area contributed by atoms with Crippen LogP contribution in [-0.2, 0) is 4.79 Å². The number of ether oxygens (including phenoxy) is 1. The molecule has 0 N–H and O–H groups in total. The quantitative estimate of drug-likeness (QED) is 0.630. The Labute approximate surface area is 126 Å². The SMILES string of the molecule is COc1ccc(/C=C(\C#N)C(=O)N2CCCC2)cc1Br. The van der Waals surface area contributed by atoms with Crippen molar-refractivity contribution in [2.24, 2.45) is 0 Å². The van der Waals surface area contributed by atoms with E-state index in [0.29, 0.717) is 5.75 Å². The lowest BCUT2D eigenvalue weighted by atomic mass is 10.1. The molecule has 20 heavy (non-hydrogen) atoms. The summed E-state index contributed by atoms with van der Waals surface area (Å²) in [5.41, 5.74) is 0.964. The molecule has 1 fully saturated rings. The van der Waals surface area contributed by atoms with E-state index in [4.69, 9.17) is 4.74 Å². The summed E-state index contributed by atoms with van der Waals surface area (Å²) in [5, 5.41) is 9.19. The minimum Gasteiger partial charge on any atom is -0.496 e. The molecular weight excluding hydrogens is 320 g/mol. The van der Waals surface area contributed by atoms with Crippen molar-refractivity contribution in [2.75, 3.05) is 20.2 Å². The van der Waals surface area contributed by atoms with Crippen molar-refractivity contribution in [3.05, 3.63) is 33.8 Å². The van der Waals surface area contributed by atoms with Crippen LogP contribution in [0.2, 0.25) is 0 Å². The first-order chi connectivity index (χ1) is 9.65. The molecule has 0 radical (unpaired) electrons. The highest BCUT2D eigenvalue weighted by Gasteiger charge is 2.21. The first-order valence-corrected chi connectivity index (χ1v) is 7.19. The fourth-order valence-corrected chi connectivity index (χ4v) is 2.73. The van der Waals surface area contributed by atoms with Crippen molar-refractivity contribution in [2.45, 2.75) is 12.8 Å². The molecule has 1 aromatic carbocycles. The van der Waals surface area contributed by atoms with E-state index >= 15 is 0 Å². The number of carbonyl (C=O) groups excluding carboxylic acids is 1. The maximum absolute atomic E-state index is 12.2. The molecular formula is C15H15BrN2O2. The zero-order chi connectivity index (χ0) is 14.5. The summed E-state index contributed by atoms with van der Waals surface area (Å²) in [7, 11) is 1.59. The van der Waals surface area contributed by atoms with E-state index in [1.807, 2.05) is 18.2 Å². The average Bonchev–Trinajstić information content (AvgIpc) is 2.98. The third-order valence-corrected chi connectivity index (χ3v) is 3.85. The summed E-state index contributed by atoms with van der Waals surface area (Å²) in [6.45, 7) is 1.48. The largest absolute Gasteiger partial charge is 0.496 e. The Balaban J connectivity index is 2.24. The van der Waals surface area contributed by atoms with Gasteiger partial charge in [0.2, 0.25) is 0 Å². The molecule has 0 saturated carbocycles. The molecule has 104 valence electrons. The lowest BCUT2D eigenvalue weighted by Crippen LogP contribution is -2.28. The van der Waals surface area contributed by atoms with Gasteiger partial charge >= 0.3 is 0 Å². The number of hydrogen-bond acceptors (Lipinski definition) is 3. The Morgan fingerprint density at radius 1 is 1.45 bits per heavy atom. The first-order valence-electron chi connectivity index (χ1n) is 6.40. The second-order valence-corrected chi connectivity index (χ2v) is 5.42. The minimum absolute atomic E-state index is 0.170. The van der Waals surface area contributed by atoms with Crippen molar-refractivity contribution >= 4 is 27.9 Å². The van der Waals surface area contributed by atoms with Crippen LogP contribution in [0.15, 0.2) is 28.2 Å². The zero-order valence-corrected chi connectivity index (χ0v) is 12.8. The number of methoxy groups -OCH3 is 1. The molecule has 0 aliphatic carbocycles. The highest BCUT2D eigenvalue weighted by Crippen LogP contribution is 2.26. The predicted octanol–water partition coefficient (Wildman–Crippen LogP) is 2.99. The van der Waals surface area contributed by atoms with Crippen LogP contribution in [0.5, 0.6) is 5.75 Å². The maximum atomic E-state index is 12.2. The smallest absolute Gasteiger partial charge is 0.264 e. The molecule has 1 aromatic rings. The van der Waals surface area contributed by atoms with Gasteiger partial charge in [-0.1, -0.05) is 6.07 Å². The standard InChI is InChI=1S/C15H15BrN2O2/c1-20-14-5-4-11(9-13(14)16)8-12(10-17)15(19)18-6-2-3-7-18/h4-5,8-9H,2-3,6-7H2,1H3/b12-8+. The van der Waals surface area contributed by atoms with Crippen LogP contribution >= 0.6 is 15.9 Å². The summed E-state index contributed by atoms with van der Waals surface area (Å²) < 4.78 is 5.94. The van der Waals surface area contributed by atoms with Gasteiger partial charge in [0.1, 0.15) is 17.4 Å². The summed E-state index contributed by atoms with van der Waals surface area (Å²) in [4.78, 5) is 13.9. The Bertz CT molecular complexity index is 584. The van der Waals surface area contributed by atoms with E-state index in [-0.39, 0.29) is 11.5 Å². The van der Waals surface area contributed by atoms with Crippen LogP contribution in [0.4, 0.5) is 0 Å². The van der Waals surface area contributed by atoms with Crippen LogP contribution in [0.3, 0.4) is 0 Å². The Morgan fingerprint density at radius 3 is 2.70 bits per heavy atom. The fraction of sp³-hybridized carbons (Fsp3) is 0.333. The molecule has 5 heteroatoms. The van der Waals surface area contributed by atoms with Gasteiger partial charge in [-0.05, 0) is 52.5 Å². The summed E-state index contributed by atoms with van der Waals surface area (Å²) in [6.07, 6.45) is 3.64. The highest BCUT2D eigenvalue weighted by atomic mass is 79.9. The molecule has 0 bridgehead atoms. The number of nitrogens with zero attached hydrogens (tertiary/aromatic N) is 2. The van der Waals surface area contributed by atoms with Crippen molar-refractivity contribution in [1.82, 2.24) is 4.90 Å². The number of likely N-dealkylation sites (tertiary alicyclic amines) is 1. The molecule has 0 spiro atoms. The van der Waals surface area contributed by atoms with Crippen molar-refractivity contribution in [1.29, 1.82) is 5.26 Å². The van der Waals surface area contributed by atoms with Gasteiger partial charge in [-0.2, -0.15) is 5.26 Å². The van der Waals surface area contributed by atoms with Crippen molar-refractivity contribution < 1.29 is 9.53 Å². The Kier molecular flexibility index (Phi) is 4.80. The highest BCUT2D eigenvalue weighted by molar-refractivity contribution is 9.10. The van der Waals surface area contributed by atoms with E-state index in [9.17, 15) is 10.1 Å². The molecule has 0 aromatic heterocycles. The molecule has 1 heterocycles. The lowest BCUT2D eigenvalue weighted by Gasteiger charge is -2.14. The monoisotopic (exact) mass is 334 g/mol. The van der Waals surface area contributed by atoms with Gasteiger partial charge in [-0.25, -0.2) is 0 Å². The summed E-state index contributed by atoms with van der Waals surface area (Å²) >= 11 is 3.39. The van der Waals surface area contributed by atoms with E-state index in [1.54, 1.807) is 24.2 Å². The van der Waals surface area contributed by atoms with Gasteiger partial charge in [0.25, 0.3) is 5.91 Å². The fourth-order valence-electron chi connectivity index (χ4n) is 2.17. The molecule has 4 nitrogen and oxygen atoms in total. The number of halogens is 1. The second-order valence-electron chi connectivity index (χ2n) is 4.56. The van der Waals surface area contributed by atoms with E-state index in [0.717, 1.165) is 36.0 Å². The van der Waals surface area contributed by atoms with Crippen molar-refractivity contribution in [3.63, 3.8) is 0 Å². The number of hydrogen-bond donors (Lipinski definition) is 0. The number of amides is 1. The van der Waals surface area contributed by atoms with Gasteiger partial charge in [0.05, 0.1) is 11.6 Å². The summed E-state index contributed by atoms with van der Waals surface area (Å²) in [6, 6.07) is 7.44. The Morgan fingerprint density at radius 2 is 2.15 bits per heavy atom. The first kappa shape index (κ1) is 14.6. The Hall–Kier alpha value is -1.80. The van der Waals surface area contributed by atoms with Gasteiger partial charge in [-0.3, -0.25) is 4.79 Å². The zero-order valence-electron chi connectivity index (χ0n) is 11.2. The van der Waals surface area contributed by atoms with Crippen LogP contribution in [-0.4, -0.2) is 31.0 Å². The summed E-state index contributed by atoms with van der Waals surface area (Å²) in [5.74, 6) is 0.531. The third-order valence-electron chi connectivity index (χ3n) is 3.23. The van der Waals surface area contributed by atoms with Gasteiger partial charge < -0.3 is 9.64 Å². The van der Waals surface area contributed by atoms with Gasteiger partial charge in [0.15, 0.2) is 0 Å². The minimum atomic E-state index is -0.183. The van der Waals surface area contributed by atoms with Gasteiger partial charge in [-0.15, -0.1) is 0 Å². The molecule has 0 atom stereocenters. The second kappa shape index (κ2) is 6.58. The normalized spacial score (nSPS) is 15.1. The van der Waals surface area contributed by atoms with E-state index < -0.39 is 0 Å². The molecule has 1 saturated heterocycles. The predicted molar refractivity (Wildman–Crippen MR) is 80.1 cm³/mol. The molecule has 1 aliphatic heterocycles. The molecule has 0 unspecified atom stereocenters. The number of benzene rings is 1. The van der Waals surface area contributed by atoms with Crippen LogP contribution in [0.1, 0.15) is 18.4 Å². The van der Waals surface area contributed by atoms with Crippen molar-refractivity contribution in [3.8, 4) is 11.8 Å². The molecule has 2 rings (SSSR count). The van der Waals surface area contributed by atoms with Crippen LogP contribution in [0.25, 0.3) is 6.08 Å². The number of rotatable bonds is 3. The van der Waals surface area contributed by atoms with E-state index in [1.165, 1.54) is 0 Å². The van der Waals surface area contributed by atoms with Crippen LogP contribution < -0.4 is 4.74 Å². The van der Waals surface area contributed by atoms with Gasteiger partial charge in [0, 0.05) is 13.1 Å². The third kappa shape index (κ3) is 3.20. The topological polar surface area (TPSA) is 53.3 Å². The number of nitriles is 1. The number of carbonyl (C=O) groups is 1. The van der Waals surface area contributed by atoms with Crippen LogP contribution in [0, 0.1) is 11.3 Å². The van der Waals surface area contributed by atoms with E-state index in [2.05, 4.69) is 15.9 Å². The molecule has 1 aliphatic rings. The lowest BCUT2D eigenvalue weighted by molar-refractivity contribution is -0.125. The average molecular weight is 335 g/mol.